The Morgan fingerprint density at radius 3 is 2.37 bits per heavy atom. The standard InChI is InChI=1S/C36H30N2/c1-35(2)24-14-6-9-18-28(24)38-30-20-23-21-12-5-8-17-27(21)37-29-19-10-7-15-25(29)36(3,4)32(34(23)37)31(30)22-13-11-16-26(35)33(22)38/h5-13,15-20,24H,14H2,1-4H3. The fourth-order valence-corrected chi connectivity index (χ4v) is 8.35. The van der Waals surface area contributed by atoms with E-state index < -0.39 is 0 Å². The lowest BCUT2D eigenvalue weighted by Gasteiger charge is -2.42. The van der Waals surface area contributed by atoms with Crippen LogP contribution in [0.2, 0.25) is 0 Å². The molecule has 1 atom stereocenters. The molecule has 2 heteroatoms. The second-order valence-corrected chi connectivity index (χ2v) is 12.6. The topological polar surface area (TPSA) is 9.86 Å². The zero-order valence-corrected chi connectivity index (χ0v) is 22.3. The monoisotopic (exact) mass is 490 g/mol. The lowest BCUT2D eigenvalue weighted by Crippen LogP contribution is -2.35. The average Bonchev–Trinajstić information content (AvgIpc) is 3.44. The third-order valence-corrected chi connectivity index (χ3v) is 10.1. The second-order valence-electron chi connectivity index (χ2n) is 12.6. The Balaban J connectivity index is 1.62. The highest BCUT2D eigenvalue weighted by atomic mass is 15.0. The van der Waals surface area contributed by atoms with Crippen molar-refractivity contribution in [2.75, 3.05) is 0 Å². The maximum atomic E-state index is 2.64. The molecule has 1 unspecified atom stereocenters. The summed E-state index contributed by atoms with van der Waals surface area (Å²) in [5.74, 6) is 0.461. The zero-order chi connectivity index (χ0) is 25.6. The van der Waals surface area contributed by atoms with E-state index in [1.54, 1.807) is 0 Å². The normalized spacial score (nSPS) is 20.2. The smallest absolute Gasteiger partial charge is 0.0589 e. The van der Waals surface area contributed by atoms with Gasteiger partial charge in [0.2, 0.25) is 0 Å². The van der Waals surface area contributed by atoms with E-state index in [2.05, 4.69) is 128 Å². The van der Waals surface area contributed by atoms with Crippen LogP contribution in [-0.4, -0.2) is 9.13 Å². The van der Waals surface area contributed by atoms with Crippen LogP contribution in [-0.2, 0) is 10.8 Å². The maximum Gasteiger partial charge on any atom is 0.0589 e. The van der Waals surface area contributed by atoms with Crippen LogP contribution in [0.4, 0.5) is 0 Å². The fourth-order valence-electron chi connectivity index (χ4n) is 8.35. The molecular formula is C36H30N2. The first-order chi connectivity index (χ1) is 18.4. The molecule has 0 saturated carbocycles. The lowest BCUT2D eigenvalue weighted by molar-refractivity contribution is 0.379. The minimum absolute atomic E-state index is 0.0706. The van der Waals surface area contributed by atoms with Crippen LogP contribution in [0.5, 0.6) is 0 Å². The van der Waals surface area contributed by atoms with Crippen molar-refractivity contribution in [1.82, 2.24) is 9.13 Å². The molecule has 6 aromatic rings. The van der Waals surface area contributed by atoms with Crippen LogP contribution in [0.3, 0.4) is 0 Å². The molecule has 0 fully saturated rings. The molecule has 0 saturated heterocycles. The van der Waals surface area contributed by atoms with Gasteiger partial charge in [0.15, 0.2) is 0 Å². The van der Waals surface area contributed by atoms with Gasteiger partial charge in [-0.15, -0.1) is 0 Å². The van der Waals surface area contributed by atoms with E-state index in [1.807, 2.05) is 0 Å². The van der Waals surface area contributed by atoms with Gasteiger partial charge in [-0.05, 0) is 47.4 Å². The van der Waals surface area contributed by atoms with Crippen LogP contribution in [0, 0.1) is 5.92 Å². The molecule has 184 valence electrons. The summed E-state index contributed by atoms with van der Waals surface area (Å²) < 4.78 is 5.18. The number of nitrogens with zero attached hydrogens (tertiary/aromatic N) is 2. The van der Waals surface area contributed by atoms with E-state index in [0.29, 0.717) is 5.92 Å². The van der Waals surface area contributed by atoms with E-state index in [4.69, 9.17) is 0 Å². The van der Waals surface area contributed by atoms with Crippen molar-refractivity contribution in [3.8, 4) is 5.69 Å². The van der Waals surface area contributed by atoms with E-state index in [1.165, 1.54) is 71.7 Å². The molecule has 38 heavy (non-hydrogen) atoms. The first-order valence-electron chi connectivity index (χ1n) is 13.9. The lowest BCUT2D eigenvalue weighted by atomic mass is 9.67. The van der Waals surface area contributed by atoms with E-state index in [-0.39, 0.29) is 10.8 Å². The third-order valence-electron chi connectivity index (χ3n) is 10.1. The maximum absolute atomic E-state index is 2.64. The quantitative estimate of drug-likeness (QED) is 0.201. The van der Waals surface area contributed by atoms with Gasteiger partial charge in [-0.2, -0.15) is 0 Å². The number of hydrogen-bond donors (Lipinski definition) is 0. The Morgan fingerprint density at radius 2 is 1.47 bits per heavy atom. The van der Waals surface area contributed by atoms with Crippen molar-refractivity contribution < 1.29 is 0 Å². The highest BCUT2D eigenvalue weighted by Gasteiger charge is 2.44. The molecule has 0 amide bonds. The van der Waals surface area contributed by atoms with Crippen molar-refractivity contribution >= 4 is 49.3 Å². The van der Waals surface area contributed by atoms with Crippen molar-refractivity contribution in [3.63, 3.8) is 0 Å². The molecule has 2 nitrogen and oxygen atoms in total. The highest BCUT2D eigenvalue weighted by molar-refractivity contribution is 6.23. The van der Waals surface area contributed by atoms with Crippen molar-refractivity contribution in [2.24, 2.45) is 5.92 Å². The zero-order valence-electron chi connectivity index (χ0n) is 22.3. The molecular weight excluding hydrogens is 460 g/mol. The summed E-state index contributed by atoms with van der Waals surface area (Å²) in [6.07, 6.45) is 8.08. The molecule has 4 heterocycles. The molecule has 3 aliphatic rings. The van der Waals surface area contributed by atoms with Gasteiger partial charge in [-0.3, -0.25) is 0 Å². The third kappa shape index (κ3) is 2.16. The van der Waals surface area contributed by atoms with Crippen LogP contribution in [0.25, 0.3) is 55.0 Å². The van der Waals surface area contributed by atoms with Crippen molar-refractivity contribution in [3.05, 3.63) is 108 Å². The first kappa shape index (κ1) is 21.0. The molecule has 0 spiro atoms. The Labute approximate surface area is 222 Å². The number of rotatable bonds is 0. The summed E-state index contributed by atoms with van der Waals surface area (Å²) in [4.78, 5) is 0. The summed E-state index contributed by atoms with van der Waals surface area (Å²) >= 11 is 0. The Morgan fingerprint density at radius 1 is 0.711 bits per heavy atom. The number of benzene rings is 4. The van der Waals surface area contributed by atoms with Crippen molar-refractivity contribution in [2.45, 2.75) is 44.9 Å². The van der Waals surface area contributed by atoms with Crippen molar-refractivity contribution in [1.29, 1.82) is 0 Å². The highest BCUT2D eigenvalue weighted by Crippen LogP contribution is 2.56. The molecule has 0 bridgehead atoms. The van der Waals surface area contributed by atoms with Gasteiger partial charge >= 0.3 is 0 Å². The molecule has 1 aliphatic carbocycles. The molecule has 9 rings (SSSR count). The number of para-hydroxylation sites is 3. The van der Waals surface area contributed by atoms with Gasteiger partial charge in [-0.25, -0.2) is 0 Å². The number of aromatic nitrogens is 2. The minimum Gasteiger partial charge on any atom is -0.312 e. The summed E-state index contributed by atoms with van der Waals surface area (Å²) in [5, 5.41) is 5.51. The van der Waals surface area contributed by atoms with Gasteiger partial charge < -0.3 is 9.13 Å². The predicted molar refractivity (Wildman–Crippen MR) is 160 cm³/mol. The summed E-state index contributed by atoms with van der Waals surface area (Å²) in [5.41, 5.74) is 12.4. The molecule has 2 aromatic heterocycles. The average molecular weight is 491 g/mol. The molecule has 4 aromatic carbocycles. The van der Waals surface area contributed by atoms with E-state index >= 15 is 0 Å². The SMILES string of the molecule is CC1(C)c2ccccc2-n2c3ccccc3c3cc4c(c1c32)c1cccc2c1n4C1=CC=CCC1C2(C)C. The second kappa shape index (κ2) is 6.50. The van der Waals surface area contributed by atoms with Crippen LogP contribution in [0.15, 0.2) is 91.0 Å². The van der Waals surface area contributed by atoms with Gasteiger partial charge in [-0.1, -0.05) is 94.4 Å². The van der Waals surface area contributed by atoms with Crippen LogP contribution in [0.1, 0.15) is 50.8 Å². The molecule has 0 radical (unpaired) electrons. The van der Waals surface area contributed by atoms with Gasteiger partial charge in [0.1, 0.15) is 0 Å². The minimum atomic E-state index is -0.141. The van der Waals surface area contributed by atoms with E-state index in [0.717, 1.165) is 6.42 Å². The van der Waals surface area contributed by atoms with Crippen LogP contribution < -0.4 is 0 Å². The predicted octanol–water partition coefficient (Wildman–Crippen LogP) is 9.24. The number of fused-ring (bicyclic) bond motifs is 11. The summed E-state index contributed by atoms with van der Waals surface area (Å²) in [7, 11) is 0. The largest absolute Gasteiger partial charge is 0.312 e. The Kier molecular flexibility index (Phi) is 3.59. The Bertz CT molecular complexity index is 2100. The van der Waals surface area contributed by atoms with Gasteiger partial charge in [0.05, 0.1) is 27.8 Å². The van der Waals surface area contributed by atoms with E-state index in [9.17, 15) is 0 Å². The number of allylic oxidation sites excluding steroid dienone is 4. The summed E-state index contributed by atoms with van der Waals surface area (Å²) in [6.45, 7) is 9.76. The molecule has 2 aliphatic heterocycles. The fraction of sp³-hybridized carbons (Fsp3) is 0.222. The Hall–Kier alpha value is -4.04. The first-order valence-corrected chi connectivity index (χ1v) is 13.9. The van der Waals surface area contributed by atoms with Gasteiger partial charge in [0.25, 0.3) is 0 Å². The molecule has 0 N–H and O–H groups in total. The van der Waals surface area contributed by atoms with Crippen LogP contribution >= 0.6 is 0 Å². The van der Waals surface area contributed by atoms with Gasteiger partial charge in [0, 0.05) is 44.0 Å². The number of hydrogen-bond acceptors (Lipinski definition) is 0. The summed E-state index contributed by atoms with van der Waals surface area (Å²) in [6, 6.07) is 27.6.